The molecule has 1 aliphatic carbocycles. The van der Waals surface area contributed by atoms with Crippen molar-refractivity contribution in [3.05, 3.63) is 96.3 Å². The molecule has 58 heavy (non-hydrogen) atoms. The number of fused-ring (bicyclic) bond motifs is 1. The van der Waals surface area contributed by atoms with E-state index >= 15 is 0 Å². The Morgan fingerprint density at radius 3 is 1.79 bits per heavy atom. The molecule has 0 amide bonds. The molecule has 0 spiro atoms. The van der Waals surface area contributed by atoms with Crippen LogP contribution in [-0.2, 0) is 18.4 Å². The first-order valence-electron chi connectivity index (χ1n) is 17.4. The largest absolute Gasteiger partial charge is 0.444 e. The van der Waals surface area contributed by atoms with Crippen LogP contribution in [0.4, 0.5) is 5.82 Å². The molecule has 23 heteroatoms. The van der Waals surface area contributed by atoms with Gasteiger partial charge in [-0.15, -0.1) is 0 Å². The van der Waals surface area contributed by atoms with Gasteiger partial charge in [0.2, 0.25) is 5.28 Å². The van der Waals surface area contributed by atoms with Gasteiger partial charge in [-0.05, 0) is 60.8 Å². The summed E-state index contributed by atoms with van der Waals surface area (Å²) in [5.41, 5.74) is 0.647. The highest BCUT2D eigenvalue weighted by Crippen LogP contribution is 2.64. The van der Waals surface area contributed by atoms with E-state index in [4.69, 9.17) is 104 Å². The fourth-order valence-electron chi connectivity index (χ4n) is 6.52. The summed E-state index contributed by atoms with van der Waals surface area (Å²) in [6.45, 7) is -0.676. The standard InChI is InChI=1S/C35H32Cl7N5O9P2/c1-46(18-4-2-3-5-18)32-29-33(45-35(42)44-32)47(16-43-29)34-31(49)30(48)28(53-34)15-52-57(50,54-19-6-9-22(36)25(39)12-19)17-58(51,55-20-7-10-23(37)26(40)13-20)56-21-8-11-24(38)27(41)14-21/h6-14,16,18,28,30-31,34,48-49H,2-5,15,17H2,1H3/t28-,30-,31-,34-,57?/m1/s1. The quantitative estimate of drug-likeness (QED) is 0.0797. The molecule has 310 valence electrons. The highest BCUT2D eigenvalue weighted by molar-refractivity contribution is 7.72. The predicted molar refractivity (Wildman–Crippen MR) is 224 cm³/mol. The van der Waals surface area contributed by atoms with Crippen molar-refractivity contribution in [1.29, 1.82) is 0 Å². The van der Waals surface area contributed by atoms with Crippen LogP contribution in [-0.4, -0.2) is 73.6 Å². The fourth-order valence-corrected chi connectivity index (χ4v) is 12.0. The third-order valence-electron chi connectivity index (χ3n) is 9.38. The number of hydrogen-bond donors (Lipinski definition) is 2. The number of halogens is 7. The number of aliphatic hydroxyl groups excluding tert-OH is 2. The summed E-state index contributed by atoms with van der Waals surface area (Å²) in [4.78, 5) is 15.3. The maximum absolute atomic E-state index is 14.9. The lowest BCUT2D eigenvalue weighted by Crippen LogP contribution is -2.34. The summed E-state index contributed by atoms with van der Waals surface area (Å²) in [5.74, 6) is -0.792. The van der Waals surface area contributed by atoms with Gasteiger partial charge in [0.05, 0.1) is 43.1 Å². The molecule has 2 N–H and O–H groups in total. The Bertz CT molecular complexity index is 2370. The van der Waals surface area contributed by atoms with Crippen LogP contribution in [0.25, 0.3) is 11.2 Å². The molecule has 1 aliphatic heterocycles. The van der Waals surface area contributed by atoms with E-state index in [0.29, 0.717) is 11.3 Å². The molecule has 0 radical (unpaired) electrons. The van der Waals surface area contributed by atoms with Crippen molar-refractivity contribution in [3.63, 3.8) is 0 Å². The molecule has 5 atom stereocenters. The van der Waals surface area contributed by atoms with Crippen LogP contribution in [0.2, 0.25) is 35.4 Å². The zero-order valence-corrected chi connectivity index (χ0v) is 37.0. The number of imidazole rings is 1. The molecule has 3 aromatic carbocycles. The SMILES string of the molecule is CN(c1nc(Cl)nc2c1ncn2[C@@H]1O[C@H](COP(=O)(CP(=O)(Oc2ccc(Cl)c(Cl)c2)Oc2ccc(Cl)c(Cl)c2)Oc2ccc(Cl)c(Cl)c2)[C@@H](O)[C@H]1O)C1CCCC1. The van der Waals surface area contributed by atoms with Gasteiger partial charge in [0, 0.05) is 31.3 Å². The molecule has 2 fully saturated rings. The molecule has 7 rings (SSSR count). The molecular formula is C35H32Cl7N5O9P2. The second-order valence-corrected chi connectivity index (χ2v) is 20.6. The van der Waals surface area contributed by atoms with Crippen LogP contribution in [0.1, 0.15) is 31.9 Å². The molecule has 1 saturated heterocycles. The Kier molecular flexibility index (Phi) is 13.6. The second-order valence-electron chi connectivity index (χ2n) is 13.4. The van der Waals surface area contributed by atoms with Gasteiger partial charge in [-0.2, -0.15) is 9.97 Å². The van der Waals surface area contributed by atoms with E-state index in [9.17, 15) is 19.3 Å². The Balaban J connectivity index is 1.18. The summed E-state index contributed by atoms with van der Waals surface area (Å²) in [5, 5.41) is 23.2. The van der Waals surface area contributed by atoms with Gasteiger partial charge in [0.25, 0.3) is 0 Å². The minimum Gasteiger partial charge on any atom is -0.424 e. The van der Waals surface area contributed by atoms with E-state index in [-0.39, 0.29) is 64.4 Å². The molecule has 0 bridgehead atoms. The highest BCUT2D eigenvalue weighted by Gasteiger charge is 2.48. The number of aliphatic hydroxyl groups is 2. The smallest absolute Gasteiger partial charge is 0.424 e. The third kappa shape index (κ3) is 9.76. The Morgan fingerprint density at radius 2 is 1.28 bits per heavy atom. The van der Waals surface area contributed by atoms with E-state index in [0.717, 1.165) is 25.7 Å². The molecular weight excluding hydrogens is 945 g/mol. The lowest BCUT2D eigenvalue weighted by Gasteiger charge is -2.26. The van der Waals surface area contributed by atoms with Gasteiger partial charge < -0.3 is 33.4 Å². The van der Waals surface area contributed by atoms with Crippen LogP contribution in [0.15, 0.2) is 60.9 Å². The number of aromatic nitrogens is 4. The van der Waals surface area contributed by atoms with Crippen LogP contribution in [0.3, 0.4) is 0 Å². The Labute approximate surface area is 367 Å². The number of benzene rings is 3. The van der Waals surface area contributed by atoms with Gasteiger partial charge in [-0.1, -0.05) is 82.4 Å². The first-order valence-corrected chi connectivity index (χ1v) is 23.5. The Morgan fingerprint density at radius 1 is 0.759 bits per heavy atom. The van der Waals surface area contributed by atoms with Gasteiger partial charge >= 0.3 is 15.2 Å². The van der Waals surface area contributed by atoms with Crippen molar-refractivity contribution in [2.24, 2.45) is 0 Å². The number of ether oxygens (including phenoxy) is 1. The van der Waals surface area contributed by atoms with Crippen LogP contribution in [0.5, 0.6) is 17.2 Å². The average molecular weight is 977 g/mol. The van der Waals surface area contributed by atoms with Gasteiger partial charge in [-0.3, -0.25) is 9.09 Å². The Hall–Kier alpha value is -2.26. The van der Waals surface area contributed by atoms with Crippen molar-refractivity contribution < 1.29 is 42.2 Å². The number of rotatable bonds is 14. The first kappa shape index (κ1) is 43.8. The van der Waals surface area contributed by atoms with Crippen LogP contribution in [0, 0.1) is 0 Å². The third-order valence-corrected chi connectivity index (χ3v) is 16.5. The molecule has 1 unspecified atom stereocenters. The lowest BCUT2D eigenvalue weighted by molar-refractivity contribution is -0.0482. The average Bonchev–Trinajstić information content (AvgIpc) is 3.92. The van der Waals surface area contributed by atoms with Crippen molar-refractivity contribution in [3.8, 4) is 17.2 Å². The zero-order valence-electron chi connectivity index (χ0n) is 29.9. The summed E-state index contributed by atoms with van der Waals surface area (Å²) in [6.07, 6.45) is -0.237. The van der Waals surface area contributed by atoms with E-state index < -0.39 is 52.2 Å². The van der Waals surface area contributed by atoms with E-state index in [1.165, 1.54) is 65.5 Å². The van der Waals surface area contributed by atoms with Gasteiger partial charge in [0.15, 0.2) is 29.1 Å². The minimum atomic E-state index is -4.74. The van der Waals surface area contributed by atoms with E-state index in [2.05, 4.69) is 15.0 Å². The van der Waals surface area contributed by atoms with Crippen molar-refractivity contribution in [1.82, 2.24) is 19.5 Å². The summed E-state index contributed by atoms with van der Waals surface area (Å²) in [7, 11) is -7.50. The summed E-state index contributed by atoms with van der Waals surface area (Å²) < 4.78 is 60.7. The molecule has 1 saturated carbocycles. The molecule has 14 nitrogen and oxygen atoms in total. The topological polar surface area (TPSA) is 168 Å². The van der Waals surface area contributed by atoms with Crippen molar-refractivity contribution in [2.45, 2.75) is 56.3 Å². The number of nitrogens with zero attached hydrogens (tertiary/aromatic N) is 5. The summed E-state index contributed by atoms with van der Waals surface area (Å²) in [6, 6.07) is 12.3. The normalized spacial score (nSPS) is 21.0. The van der Waals surface area contributed by atoms with E-state index in [1.54, 1.807) is 0 Å². The van der Waals surface area contributed by atoms with Crippen molar-refractivity contribution in [2.75, 3.05) is 24.5 Å². The maximum Gasteiger partial charge on any atom is 0.444 e. The second kappa shape index (κ2) is 18.0. The summed E-state index contributed by atoms with van der Waals surface area (Å²) >= 11 is 43.3. The zero-order chi connectivity index (χ0) is 41.5. The molecule has 2 aliphatic rings. The van der Waals surface area contributed by atoms with Crippen molar-refractivity contribution >= 4 is 113 Å². The number of hydrogen-bond acceptors (Lipinski definition) is 13. The molecule has 5 aromatic rings. The predicted octanol–water partition coefficient (Wildman–Crippen LogP) is 11.0. The maximum atomic E-state index is 14.9. The molecule has 3 heterocycles. The van der Waals surface area contributed by atoms with E-state index in [1.807, 2.05) is 11.9 Å². The highest BCUT2D eigenvalue weighted by atomic mass is 35.5. The van der Waals surface area contributed by atoms with Gasteiger partial charge in [-0.25, -0.2) is 14.1 Å². The minimum absolute atomic E-state index is 0.0441. The number of anilines is 1. The fraction of sp³-hybridized carbons (Fsp3) is 0.343. The van der Waals surface area contributed by atoms with Crippen LogP contribution >= 0.6 is 96.4 Å². The lowest BCUT2D eigenvalue weighted by atomic mass is 10.1. The monoisotopic (exact) mass is 973 g/mol. The molecule has 2 aromatic heterocycles. The van der Waals surface area contributed by atoms with Crippen LogP contribution < -0.4 is 18.5 Å². The first-order chi connectivity index (χ1) is 27.5. The van der Waals surface area contributed by atoms with Gasteiger partial charge in [0.1, 0.15) is 35.6 Å².